The highest BCUT2D eigenvalue weighted by Gasteiger charge is 2.18. The predicted molar refractivity (Wildman–Crippen MR) is 97.1 cm³/mol. The van der Waals surface area contributed by atoms with Gasteiger partial charge in [0.25, 0.3) is 5.91 Å². The summed E-state index contributed by atoms with van der Waals surface area (Å²) < 4.78 is 11.0. The van der Waals surface area contributed by atoms with E-state index in [1.807, 2.05) is 30.3 Å². The number of rotatable bonds is 6. The maximum Gasteiger partial charge on any atom is 0.291 e. The molecular weight excluding hydrogens is 332 g/mol. The van der Waals surface area contributed by atoms with Crippen LogP contribution in [0.1, 0.15) is 32.0 Å². The largest absolute Gasteiger partial charge is 0.489 e. The third kappa shape index (κ3) is 3.75. The SMILES string of the molecule is Cc1c(NC(=O)c2occc2COc2ccccc2)cccc1C(N)=O. The predicted octanol–water partition coefficient (Wildman–Crippen LogP) is 3.52. The molecule has 2 aromatic carbocycles. The van der Waals surface area contributed by atoms with E-state index in [-0.39, 0.29) is 12.4 Å². The first-order valence-electron chi connectivity index (χ1n) is 8.01. The molecule has 0 unspecified atom stereocenters. The van der Waals surface area contributed by atoms with E-state index in [1.54, 1.807) is 31.2 Å². The van der Waals surface area contributed by atoms with E-state index >= 15 is 0 Å². The monoisotopic (exact) mass is 350 g/mol. The van der Waals surface area contributed by atoms with Gasteiger partial charge in [0, 0.05) is 16.8 Å². The Morgan fingerprint density at radius 3 is 2.58 bits per heavy atom. The van der Waals surface area contributed by atoms with Crippen molar-refractivity contribution in [2.24, 2.45) is 5.73 Å². The van der Waals surface area contributed by atoms with Crippen LogP contribution in [0.15, 0.2) is 65.3 Å². The molecule has 0 saturated heterocycles. The average Bonchev–Trinajstić information content (AvgIpc) is 3.11. The average molecular weight is 350 g/mol. The Kier molecular flexibility index (Phi) is 5.03. The second-order valence-corrected chi connectivity index (χ2v) is 5.67. The molecule has 3 aromatic rings. The minimum Gasteiger partial charge on any atom is -0.489 e. The molecule has 0 aliphatic heterocycles. The first-order valence-corrected chi connectivity index (χ1v) is 8.01. The summed E-state index contributed by atoms with van der Waals surface area (Å²) in [5.74, 6) is -0.116. The van der Waals surface area contributed by atoms with Crippen LogP contribution in [0, 0.1) is 6.92 Å². The molecular formula is C20H18N2O4. The zero-order chi connectivity index (χ0) is 18.5. The molecule has 1 aromatic heterocycles. The van der Waals surface area contributed by atoms with Gasteiger partial charge in [0.15, 0.2) is 5.76 Å². The summed E-state index contributed by atoms with van der Waals surface area (Å²) in [5, 5.41) is 2.75. The fraction of sp³-hybridized carbons (Fsp3) is 0.100. The third-order valence-corrected chi connectivity index (χ3v) is 3.94. The first-order chi connectivity index (χ1) is 12.6. The number of primary amides is 1. The highest BCUT2D eigenvalue weighted by Crippen LogP contribution is 2.21. The van der Waals surface area contributed by atoms with Crippen LogP contribution in [-0.2, 0) is 6.61 Å². The van der Waals surface area contributed by atoms with Crippen LogP contribution in [0.4, 0.5) is 5.69 Å². The van der Waals surface area contributed by atoms with Gasteiger partial charge in [-0.1, -0.05) is 24.3 Å². The molecule has 0 radical (unpaired) electrons. The summed E-state index contributed by atoms with van der Waals surface area (Å²) in [6.07, 6.45) is 1.44. The second-order valence-electron chi connectivity index (χ2n) is 5.67. The van der Waals surface area contributed by atoms with Crippen LogP contribution in [0.3, 0.4) is 0 Å². The molecule has 0 atom stereocenters. The highest BCUT2D eigenvalue weighted by atomic mass is 16.5. The van der Waals surface area contributed by atoms with Gasteiger partial charge in [-0.3, -0.25) is 9.59 Å². The molecule has 0 saturated carbocycles. The van der Waals surface area contributed by atoms with E-state index in [1.165, 1.54) is 6.26 Å². The number of ether oxygens (including phenoxy) is 1. The number of benzene rings is 2. The van der Waals surface area contributed by atoms with Crippen molar-refractivity contribution in [1.29, 1.82) is 0 Å². The van der Waals surface area contributed by atoms with Crippen molar-refractivity contribution in [2.45, 2.75) is 13.5 Å². The minimum absolute atomic E-state index is 0.157. The van der Waals surface area contributed by atoms with Gasteiger partial charge < -0.3 is 20.2 Å². The molecule has 132 valence electrons. The van der Waals surface area contributed by atoms with Crippen LogP contribution in [0.25, 0.3) is 0 Å². The van der Waals surface area contributed by atoms with Gasteiger partial charge in [0.1, 0.15) is 12.4 Å². The molecule has 6 heteroatoms. The summed E-state index contributed by atoms with van der Waals surface area (Å²) >= 11 is 0. The number of para-hydroxylation sites is 1. The maximum atomic E-state index is 12.6. The fourth-order valence-electron chi connectivity index (χ4n) is 2.54. The molecule has 1 heterocycles. The Morgan fingerprint density at radius 1 is 1.08 bits per heavy atom. The van der Waals surface area contributed by atoms with Gasteiger partial charge in [-0.2, -0.15) is 0 Å². The summed E-state index contributed by atoms with van der Waals surface area (Å²) in [7, 11) is 0. The molecule has 26 heavy (non-hydrogen) atoms. The van der Waals surface area contributed by atoms with Crippen molar-refractivity contribution in [3.8, 4) is 5.75 Å². The van der Waals surface area contributed by atoms with Crippen molar-refractivity contribution in [2.75, 3.05) is 5.32 Å². The van der Waals surface area contributed by atoms with E-state index in [0.29, 0.717) is 28.1 Å². The quantitative estimate of drug-likeness (QED) is 0.711. The van der Waals surface area contributed by atoms with Crippen LogP contribution >= 0.6 is 0 Å². The van der Waals surface area contributed by atoms with Crippen LogP contribution in [0.2, 0.25) is 0 Å². The molecule has 0 aliphatic carbocycles. The molecule has 3 rings (SSSR count). The summed E-state index contributed by atoms with van der Waals surface area (Å²) in [4.78, 5) is 24.0. The number of carbonyl (C=O) groups excluding carboxylic acids is 2. The van der Waals surface area contributed by atoms with Crippen molar-refractivity contribution in [3.05, 3.63) is 83.3 Å². The number of nitrogens with one attached hydrogen (secondary N) is 1. The maximum absolute atomic E-state index is 12.6. The fourth-order valence-corrected chi connectivity index (χ4v) is 2.54. The topological polar surface area (TPSA) is 94.6 Å². The first kappa shape index (κ1) is 17.3. The lowest BCUT2D eigenvalue weighted by Crippen LogP contribution is -2.17. The molecule has 2 amide bonds. The Balaban J connectivity index is 1.74. The molecule has 3 N–H and O–H groups in total. The van der Waals surface area contributed by atoms with E-state index < -0.39 is 11.8 Å². The lowest BCUT2D eigenvalue weighted by molar-refractivity contribution is 0.0985. The number of hydrogen-bond acceptors (Lipinski definition) is 4. The van der Waals surface area contributed by atoms with E-state index in [4.69, 9.17) is 14.9 Å². The standard InChI is InChI=1S/C20H18N2O4/c1-13-16(19(21)23)8-5-9-17(13)22-20(24)18-14(10-11-25-18)12-26-15-6-3-2-4-7-15/h2-11H,12H2,1H3,(H2,21,23)(H,22,24). The van der Waals surface area contributed by atoms with Crippen molar-refractivity contribution in [3.63, 3.8) is 0 Å². The Hall–Kier alpha value is -3.54. The van der Waals surface area contributed by atoms with Crippen molar-refractivity contribution >= 4 is 17.5 Å². The van der Waals surface area contributed by atoms with E-state index in [0.717, 1.165) is 0 Å². The number of furan rings is 1. The second kappa shape index (κ2) is 7.57. The van der Waals surface area contributed by atoms with Gasteiger partial charge in [-0.15, -0.1) is 0 Å². The van der Waals surface area contributed by atoms with Crippen LogP contribution in [0.5, 0.6) is 5.75 Å². The number of anilines is 1. The van der Waals surface area contributed by atoms with Crippen LogP contribution in [-0.4, -0.2) is 11.8 Å². The molecule has 6 nitrogen and oxygen atoms in total. The van der Waals surface area contributed by atoms with Gasteiger partial charge in [-0.05, 0) is 42.8 Å². The van der Waals surface area contributed by atoms with E-state index in [9.17, 15) is 9.59 Å². The smallest absolute Gasteiger partial charge is 0.291 e. The molecule has 0 bridgehead atoms. The number of hydrogen-bond donors (Lipinski definition) is 2. The Labute approximate surface area is 150 Å². The van der Waals surface area contributed by atoms with E-state index in [2.05, 4.69) is 5.32 Å². The van der Waals surface area contributed by atoms with Crippen molar-refractivity contribution < 1.29 is 18.7 Å². The normalized spacial score (nSPS) is 10.3. The summed E-state index contributed by atoms with van der Waals surface area (Å²) in [6, 6.07) is 15.9. The number of nitrogens with two attached hydrogens (primary N) is 1. The van der Waals surface area contributed by atoms with Crippen LogP contribution < -0.4 is 15.8 Å². The third-order valence-electron chi connectivity index (χ3n) is 3.94. The summed E-state index contributed by atoms with van der Waals surface area (Å²) in [6.45, 7) is 1.92. The lowest BCUT2D eigenvalue weighted by Gasteiger charge is -2.11. The number of amides is 2. The van der Waals surface area contributed by atoms with Gasteiger partial charge >= 0.3 is 0 Å². The Morgan fingerprint density at radius 2 is 1.85 bits per heavy atom. The summed E-state index contributed by atoms with van der Waals surface area (Å²) in [5.41, 5.74) is 7.41. The van der Waals surface area contributed by atoms with Gasteiger partial charge in [0.2, 0.25) is 5.91 Å². The van der Waals surface area contributed by atoms with Gasteiger partial charge in [0.05, 0.1) is 6.26 Å². The zero-order valence-corrected chi connectivity index (χ0v) is 14.2. The van der Waals surface area contributed by atoms with Crippen molar-refractivity contribution in [1.82, 2.24) is 0 Å². The molecule has 0 aliphatic rings. The Bertz CT molecular complexity index is 932. The molecule has 0 fully saturated rings. The number of carbonyl (C=O) groups is 2. The zero-order valence-electron chi connectivity index (χ0n) is 14.2. The lowest BCUT2D eigenvalue weighted by atomic mass is 10.1. The van der Waals surface area contributed by atoms with Gasteiger partial charge in [-0.25, -0.2) is 0 Å². The highest BCUT2D eigenvalue weighted by molar-refractivity contribution is 6.05. The minimum atomic E-state index is -0.548. The molecule has 0 spiro atoms.